The first-order chi connectivity index (χ1) is 37.0. The molecule has 77 heavy (non-hydrogen) atoms. The minimum atomic E-state index is -0.0551. The van der Waals surface area contributed by atoms with Crippen molar-refractivity contribution in [3.05, 3.63) is 217 Å². The standard InChI is InChI=1S/C69H61N6O.Pt/c1-44(2)53-25-18-26-54(45(3)4)67(53)48-36-50(39-52(37-48)76-51-31-32-58-57-24-14-15-29-60(57)75(61(58)40-51)66-38-49(33-34-70-66)69(5,6)7)73-43-74(64-42-62-59(41-63(64)73)71-65-30-16-17-35-72(62)65)68-55(46-20-10-8-11-21-46)27-19-28-56(68)47-22-12-9-13-23-47;/h8-15,18-29,31-34,36-38,41-45H,16-17,30,35H2,1-7H3;/q-3;. The van der Waals surface area contributed by atoms with Gasteiger partial charge >= 0.3 is 0 Å². The smallest absolute Gasteiger partial charge is 0.135 e. The molecule has 0 saturated carbocycles. The fourth-order valence-electron chi connectivity index (χ4n) is 11.7. The molecular formula is C69H61N6OPt-3. The van der Waals surface area contributed by atoms with Crippen molar-refractivity contribution < 1.29 is 25.8 Å². The largest absolute Gasteiger partial charge is 0.509 e. The van der Waals surface area contributed by atoms with Gasteiger partial charge < -0.3 is 23.7 Å². The van der Waals surface area contributed by atoms with Gasteiger partial charge in [0, 0.05) is 85.4 Å². The molecule has 3 aromatic heterocycles. The SMILES string of the molecule is CC(C)c1cccc(C(C)C)c1-c1cc(Oc2[c-]c3c(cc2)c2ccccc2n3-c2cc(C(C)(C)C)ccn2)[c-]c(N2[CH-]N(c3c(-c4ccccc4)cccc3-c3ccccc3)c3cc4c(cc32)nc2n4CCCC2)c1.[Pt]. The van der Waals surface area contributed by atoms with Gasteiger partial charge in [0.05, 0.1) is 11.0 Å². The van der Waals surface area contributed by atoms with E-state index < -0.39 is 0 Å². The molecule has 0 radical (unpaired) electrons. The van der Waals surface area contributed by atoms with Gasteiger partial charge in [0.1, 0.15) is 11.6 Å². The van der Waals surface area contributed by atoms with Crippen LogP contribution >= 0.6 is 0 Å². The maximum absolute atomic E-state index is 7.18. The molecule has 0 saturated heterocycles. The van der Waals surface area contributed by atoms with Gasteiger partial charge in [-0.25, -0.2) is 9.97 Å². The molecule has 0 bridgehead atoms. The number of hydrogen-bond donors (Lipinski definition) is 0. The van der Waals surface area contributed by atoms with E-state index in [2.05, 4.69) is 250 Å². The fraction of sp³-hybridized carbons (Fsp3) is 0.203. The molecule has 8 aromatic carbocycles. The number of imidazole rings is 1. The van der Waals surface area contributed by atoms with Gasteiger partial charge in [-0.3, -0.25) is 0 Å². The Labute approximate surface area is 467 Å². The molecule has 5 heterocycles. The average Bonchev–Trinajstić information content (AvgIpc) is 4.32. The second-order valence-corrected chi connectivity index (χ2v) is 22.2. The summed E-state index contributed by atoms with van der Waals surface area (Å²) in [6.45, 7) is 19.1. The summed E-state index contributed by atoms with van der Waals surface area (Å²) in [6, 6.07) is 68.9. The first-order valence-electron chi connectivity index (χ1n) is 27.0. The number of aromatic nitrogens is 4. The summed E-state index contributed by atoms with van der Waals surface area (Å²) in [4.78, 5) is 15.0. The van der Waals surface area contributed by atoms with Crippen molar-refractivity contribution in [3.63, 3.8) is 0 Å². The Morgan fingerprint density at radius 2 is 1.27 bits per heavy atom. The number of ether oxygens (including phenoxy) is 1. The molecule has 0 N–H and O–H groups in total. The van der Waals surface area contributed by atoms with Crippen molar-refractivity contribution in [1.29, 1.82) is 0 Å². The van der Waals surface area contributed by atoms with Crippen LogP contribution in [0, 0.1) is 18.8 Å². The van der Waals surface area contributed by atoms with Gasteiger partial charge in [-0.1, -0.05) is 169 Å². The topological polar surface area (TPSA) is 51.4 Å². The molecule has 0 amide bonds. The van der Waals surface area contributed by atoms with Gasteiger partial charge in [0.15, 0.2) is 0 Å². The van der Waals surface area contributed by atoms with E-state index in [1.165, 1.54) is 22.3 Å². The number of fused-ring (bicyclic) bond motifs is 7. The molecule has 0 unspecified atom stereocenters. The Morgan fingerprint density at radius 3 is 1.97 bits per heavy atom. The van der Waals surface area contributed by atoms with Crippen LogP contribution in [0.2, 0.25) is 0 Å². The molecule has 11 aromatic rings. The number of anilines is 4. The normalized spacial score (nSPS) is 13.5. The van der Waals surface area contributed by atoms with Gasteiger partial charge in [0.2, 0.25) is 0 Å². The molecule has 0 atom stereocenters. The molecule has 0 spiro atoms. The van der Waals surface area contributed by atoms with E-state index in [4.69, 9.17) is 14.7 Å². The van der Waals surface area contributed by atoms with Crippen LogP contribution < -0.4 is 14.5 Å². The number of aryl methyl sites for hydroxylation is 2. The van der Waals surface area contributed by atoms with Gasteiger partial charge in [0.25, 0.3) is 0 Å². The number of hydrogen-bond acceptors (Lipinski definition) is 5. The zero-order valence-corrected chi connectivity index (χ0v) is 47.0. The zero-order valence-electron chi connectivity index (χ0n) is 44.7. The summed E-state index contributed by atoms with van der Waals surface area (Å²) >= 11 is 0. The quantitative estimate of drug-likeness (QED) is 0.128. The van der Waals surface area contributed by atoms with E-state index in [0.29, 0.717) is 11.5 Å². The van der Waals surface area contributed by atoms with E-state index in [1.54, 1.807) is 0 Å². The Bertz CT molecular complexity index is 3930. The van der Waals surface area contributed by atoms with Crippen molar-refractivity contribution in [1.82, 2.24) is 19.1 Å². The molecule has 2 aliphatic heterocycles. The zero-order chi connectivity index (χ0) is 51.8. The number of nitrogens with zero attached hydrogens (tertiary/aromatic N) is 6. The van der Waals surface area contributed by atoms with Crippen LogP contribution in [0.15, 0.2) is 176 Å². The van der Waals surface area contributed by atoms with E-state index in [-0.39, 0.29) is 38.3 Å². The van der Waals surface area contributed by atoms with Gasteiger partial charge in [-0.15, -0.1) is 53.6 Å². The molecule has 2 aliphatic rings. The van der Waals surface area contributed by atoms with E-state index >= 15 is 0 Å². The van der Waals surface area contributed by atoms with Crippen molar-refractivity contribution in [2.75, 3.05) is 9.80 Å². The van der Waals surface area contributed by atoms with Crippen LogP contribution in [0.4, 0.5) is 22.7 Å². The summed E-state index contributed by atoms with van der Waals surface area (Å²) in [7, 11) is 0. The van der Waals surface area contributed by atoms with E-state index in [1.807, 2.05) is 12.3 Å². The van der Waals surface area contributed by atoms with Crippen LogP contribution in [0.25, 0.3) is 72.0 Å². The average molecular weight is 1190 g/mol. The third kappa shape index (κ3) is 8.93. The third-order valence-electron chi connectivity index (χ3n) is 15.5. The van der Waals surface area contributed by atoms with Crippen LogP contribution in [0.1, 0.15) is 95.7 Å². The molecule has 0 fully saturated rings. The first kappa shape index (κ1) is 50.1. The summed E-state index contributed by atoms with van der Waals surface area (Å²) < 4.78 is 11.8. The predicted octanol–water partition coefficient (Wildman–Crippen LogP) is 18.2. The van der Waals surface area contributed by atoms with Crippen molar-refractivity contribution in [3.8, 4) is 50.7 Å². The number of benzene rings is 8. The number of rotatable bonds is 10. The van der Waals surface area contributed by atoms with E-state index in [9.17, 15) is 0 Å². The molecule has 386 valence electrons. The van der Waals surface area contributed by atoms with E-state index in [0.717, 1.165) is 121 Å². The minimum Gasteiger partial charge on any atom is -0.509 e. The predicted molar refractivity (Wildman–Crippen MR) is 314 cm³/mol. The first-order valence-corrected chi connectivity index (χ1v) is 27.0. The monoisotopic (exact) mass is 1180 g/mol. The molecular weight excluding hydrogens is 1120 g/mol. The Kier molecular flexibility index (Phi) is 13.0. The second kappa shape index (κ2) is 20.0. The Hall–Kier alpha value is -7.73. The summed E-state index contributed by atoms with van der Waals surface area (Å²) in [5.41, 5.74) is 18.8. The number of para-hydroxylation sites is 2. The van der Waals surface area contributed by atoms with Crippen molar-refractivity contribution in [2.45, 2.75) is 91.5 Å². The summed E-state index contributed by atoms with van der Waals surface area (Å²) in [6.07, 6.45) is 5.18. The van der Waals surface area contributed by atoms with Crippen molar-refractivity contribution >= 4 is 55.6 Å². The van der Waals surface area contributed by atoms with Gasteiger partial charge in [-0.05, 0) is 99.2 Å². The second-order valence-electron chi connectivity index (χ2n) is 22.2. The minimum absolute atomic E-state index is 0. The fourth-order valence-corrected chi connectivity index (χ4v) is 11.7. The van der Waals surface area contributed by atoms with Crippen molar-refractivity contribution in [2.24, 2.45) is 0 Å². The third-order valence-corrected chi connectivity index (χ3v) is 15.5. The molecule has 13 rings (SSSR count). The Morgan fingerprint density at radius 1 is 0.597 bits per heavy atom. The van der Waals surface area contributed by atoms with Crippen LogP contribution in [0.5, 0.6) is 11.5 Å². The number of pyridine rings is 1. The van der Waals surface area contributed by atoms with Crippen LogP contribution in [-0.4, -0.2) is 19.1 Å². The maximum Gasteiger partial charge on any atom is 0.135 e. The van der Waals surface area contributed by atoms with Crippen LogP contribution in [-0.2, 0) is 39.4 Å². The Balaban J connectivity index is 0.00000596. The maximum atomic E-state index is 7.18. The van der Waals surface area contributed by atoms with Gasteiger partial charge in [-0.2, -0.15) is 6.07 Å². The molecule has 7 nitrogen and oxygen atoms in total. The summed E-state index contributed by atoms with van der Waals surface area (Å²) in [5, 5.41) is 2.22. The molecule has 8 heteroatoms. The summed E-state index contributed by atoms with van der Waals surface area (Å²) in [5.74, 6) is 3.73. The molecule has 0 aliphatic carbocycles. The van der Waals surface area contributed by atoms with Crippen LogP contribution in [0.3, 0.4) is 0 Å².